The lowest BCUT2D eigenvalue weighted by Crippen LogP contribution is -2.28. The number of imidazole rings is 1. The summed E-state index contributed by atoms with van der Waals surface area (Å²) in [7, 11) is -3.93. The lowest BCUT2D eigenvalue weighted by Gasteiger charge is -2.13. The first-order valence-electron chi connectivity index (χ1n) is 10.7. The monoisotopic (exact) mass is 499 g/mol. The van der Waals surface area contributed by atoms with Gasteiger partial charge >= 0.3 is 6.61 Å². The quantitative estimate of drug-likeness (QED) is 0.400. The largest absolute Gasteiger partial charge is 0.435 e. The Morgan fingerprint density at radius 3 is 2.46 bits per heavy atom. The number of ether oxygens (including phenoxy) is 1. The van der Waals surface area contributed by atoms with Gasteiger partial charge in [0.15, 0.2) is 0 Å². The van der Waals surface area contributed by atoms with Crippen molar-refractivity contribution in [1.82, 2.24) is 14.1 Å². The smallest absolute Gasteiger partial charge is 0.387 e. The summed E-state index contributed by atoms with van der Waals surface area (Å²) >= 11 is 0. The van der Waals surface area contributed by atoms with Crippen LogP contribution in [0.2, 0.25) is 0 Å². The van der Waals surface area contributed by atoms with Gasteiger partial charge in [-0.15, -0.1) is 0 Å². The van der Waals surface area contributed by atoms with Gasteiger partial charge in [0.1, 0.15) is 11.4 Å². The molecule has 7 nitrogen and oxygen atoms in total. The van der Waals surface area contributed by atoms with Crippen LogP contribution in [0.4, 0.5) is 8.78 Å². The molecule has 0 fully saturated rings. The van der Waals surface area contributed by atoms with Gasteiger partial charge in [-0.25, -0.2) is 18.1 Å². The van der Waals surface area contributed by atoms with Gasteiger partial charge in [-0.2, -0.15) is 8.78 Å². The van der Waals surface area contributed by atoms with Crippen LogP contribution in [0.15, 0.2) is 65.7 Å². The highest BCUT2D eigenvalue weighted by Gasteiger charge is 2.18. The van der Waals surface area contributed by atoms with Gasteiger partial charge in [-0.3, -0.25) is 4.79 Å². The molecule has 182 valence electrons. The van der Waals surface area contributed by atoms with Crippen LogP contribution < -0.4 is 9.46 Å². The average Bonchev–Trinajstić information content (AvgIpc) is 3.07. The van der Waals surface area contributed by atoms with Gasteiger partial charge in [0.05, 0.1) is 10.6 Å². The molecule has 0 aliphatic heterocycles. The Hall–Kier alpha value is -3.79. The molecule has 4 aromatic rings. The fourth-order valence-electron chi connectivity index (χ4n) is 3.97. The third-order valence-electron chi connectivity index (χ3n) is 5.57. The first kappa shape index (κ1) is 24.3. The third kappa shape index (κ3) is 5.17. The van der Waals surface area contributed by atoms with Crippen LogP contribution in [0.1, 0.15) is 29.4 Å². The molecule has 0 aliphatic rings. The summed E-state index contributed by atoms with van der Waals surface area (Å²) in [6.45, 7) is 1.99. The minimum Gasteiger partial charge on any atom is -0.435 e. The van der Waals surface area contributed by atoms with Crippen molar-refractivity contribution in [2.75, 3.05) is 0 Å². The van der Waals surface area contributed by atoms with Gasteiger partial charge in [-0.05, 0) is 49.2 Å². The van der Waals surface area contributed by atoms with Crippen molar-refractivity contribution in [1.29, 1.82) is 0 Å². The SMILES string of the molecule is CC(=O)NS(=O)(=O)c1ccc(-c2cn3c(Cc4ccccc4OC(F)F)c(C)nc3cc2C)cc1. The van der Waals surface area contributed by atoms with Crippen molar-refractivity contribution in [3.63, 3.8) is 0 Å². The molecule has 2 heterocycles. The number of alkyl halides is 2. The second kappa shape index (κ2) is 9.46. The predicted molar refractivity (Wildman–Crippen MR) is 127 cm³/mol. The third-order valence-corrected chi connectivity index (χ3v) is 7.02. The Bertz CT molecular complexity index is 1510. The van der Waals surface area contributed by atoms with Crippen LogP contribution in [-0.4, -0.2) is 30.3 Å². The number of hydrogen-bond donors (Lipinski definition) is 1. The molecule has 4 rings (SSSR count). The number of amides is 1. The second-order valence-corrected chi connectivity index (χ2v) is 9.77. The minimum atomic E-state index is -3.93. The van der Waals surface area contributed by atoms with Crippen molar-refractivity contribution in [3.05, 3.63) is 83.3 Å². The minimum absolute atomic E-state index is 0.0232. The van der Waals surface area contributed by atoms with E-state index in [0.29, 0.717) is 17.6 Å². The van der Waals surface area contributed by atoms with Crippen LogP contribution >= 0.6 is 0 Å². The number of aromatic nitrogens is 2. The topological polar surface area (TPSA) is 89.8 Å². The van der Waals surface area contributed by atoms with E-state index in [9.17, 15) is 22.0 Å². The predicted octanol–water partition coefficient (Wildman–Crippen LogP) is 4.64. The maximum atomic E-state index is 12.9. The molecular formula is C25H23F2N3O4S. The molecule has 0 bridgehead atoms. The molecule has 10 heteroatoms. The van der Waals surface area contributed by atoms with E-state index >= 15 is 0 Å². The summed E-state index contributed by atoms with van der Waals surface area (Å²) in [5.74, 6) is -0.556. The summed E-state index contributed by atoms with van der Waals surface area (Å²) in [5, 5.41) is 0. The standard InChI is InChI=1S/C25H23F2N3O4S/c1-15-12-24-28-16(2)22(13-19-6-4-5-7-23(19)34-25(26)27)30(24)14-21(15)18-8-10-20(11-9-18)35(32,33)29-17(3)31/h4-12,14,25H,13H2,1-3H3,(H,29,31). The van der Waals surface area contributed by atoms with E-state index in [-0.39, 0.29) is 10.6 Å². The number of carbonyl (C=O) groups excluding carboxylic acids is 1. The van der Waals surface area contributed by atoms with Crippen LogP contribution in [0.5, 0.6) is 5.75 Å². The summed E-state index contributed by atoms with van der Waals surface area (Å²) < 4.78 is 58.7. The number of sulfonamides is 1. The van der Waals surface area contributed by atoms with E-state index < -0.39 is 22.5 Å². The van der Waals surface area contributed by atoms with E-state index in [4.69, 9.17) is 0 Å². The Kier molecular flexibility index (Phi) is 6.58. The van der Waals surface area contributed by atoms with Crippen LogP contribution in [0, 0.1) is 13.8 Å². The lowest BCUT2D eigenvalue weighted by atomic mass is 10.0. The van der Waals surface area contributed by atoms with E-state index in [1.165, 1.54) is 18.2 Å². The van der Waals surface area contributed by atoms with Crippen molar-refractivity contribution in [2.24, 2.45) is 0 Å². The number of halogens is 2. The Labute approximate surface area is 201 Å². The van der Waals surface area contributed by atoms with Crippen LogP contribution in [0.25, 0.3) is 16.8 Å². The molecular weight excluding hydrogens is 476 g/mol. The molecule has 0 aliphatic carbocycles. The van der Waals surface area contributed by atoms with Gasteiger partial charge in [0, 0.05) is 36.4 Å². The van der Waals surface area contributed by atoms with Crippen LogP contribution in [-0.2, 0) is 21.2 Å². The number of nitrogens with zero attached hydrogens (tertiary/aromatic N) is 2. The Morgan fingerprint density at radius 2 is 1.80 bits per heavy atom. The molecule has 0 atom stereocenters. The van der Waals surface area contributed by atoms with Crippen molar-refractivity contribution in [2.45, 2.75) is 38.7 Å². The fraction of sp³-hybridized carbons (Fsp3) is 0.200. The van der Waals surface area contributed by atoms with E-state index in [2.05, 4.69) is 9.72 Å². The number of aryl methyl sites for hydroxylation is 2. The van der Waals surface area contributed by atoms with Crippen LogP contribution in [0.3, 0.4) is 0 Å². The summed E-state index contributed by atoms with van der Waals surface area (Å²) in [5.41, 5.74) is 5.42. The number of fused-ring (bicyclic) bond motifs is 1. The highest BCUT2D eigenvalue weighted by Crippen LogP contribution is 2.29. The van der Waals surface area contributed by atoms with Crippen molar-refractivity contribution in [3.8, 4) is 16.9 Å². The summed E-state index contributed by atoms with van der Waals surface area (Å²) in [6, 6.07) is 14.8. The molecule has 2 aromatic carbocycles. The molecule has 1 amide bonds. The van der Waals surface area contributed by atoms with Gasteiger partial charge in [0.2, 0.25) is 5.91 Å². The number of rotatable bonds is 7. The molecule has 1 N–H and O–H groups in total. The number of pyridine rings is 1. The van der Waals surface area contributed by atoms with Crippen molar-refractivity contribution < 1.29 is 26.7 Å². The van der Waals surface area contributed by atoms with Crippen molar-refractivity contribution >= 4 is 21.6 Å². The molecule has 0 saturated carbocycles. The lowest BCUT2D eigenvalue weighted by molar-refractivity contribution is -0.117. The molecule has 2 aromatic heterocycles. The van der Waals surface area contributed by atoms with E-state index in [1.54, 1.807) is 30.3 Å². The zero-order valence-electron chi connectivity index (χ0n) is 19.2. The van der Waals surface area contributed by atoms with E-state index in [1.807, 2.05) is 35.2 Å². The molecule has 0 radical (unpaired) electrons. The highest BCUT2D eigenvalue weighted by atomic mass is 32.2. The first-order valence-corrected chi connectivity index (χ1v) is 12.2. The van der Waals surface area contributed by atoms with Gasteiger partial charge in [0.25, 0.3) is 10.0 Å². The Morgan fingerprint density at radius 1 is 1.11 bits per heavy atom. The number of nitrogens with one attached hydrogen (secondary N) is 1. The maximum Gasteiger partial charge on any atom is 0.387 e. The number of benzene rings is 2. The fourth-order valence-corrected chi connectivity index (χ4v) is 4.96. The molecule has 35 heavy (non-hydrogen) atoms. The second-order valence-electron chi connectivity index (χ2n) is 8.09. The van der Waals surface area contributed by atoms with E-state index in [0.717, 1.165) is 35.0 Å². The average molecular weight is 500 g/mol. The summed E-state index contributed by atoms with van der Waals surface area (Å²) in [4.78, 5) is 15.8. The van der Waals surface area contributed by atoms with Gasteiger partial charge in [-0.1, -0.05) is 30.3 Å². The molecule has 0 unspecified atom stereocenters. The molecule has 0 saturated heterocycles. The number of carbonyl (C=O) groups is 1. The Balaban J connectivity index is 1.74. The van der Waals surface area contributed by atoms with Gasteiger partial charge < -0.3 is 9.14 Å². The zero-order valence-corrected chi connectivity index (χ0v) is 20.1. The normalized spacial score (nSPS) is 11.7. The zero-order chi connectivity index (χ0) is 25.3. The number of para-hydroxylation sites is 1. The highest BCUT2D eigenvalue weighted by molar-refractivity contribution is 7.90. The summed E-state index contributed by atoms with van der Waals surface area (Å²) in [6.07, 6.45) is 2.22. The molecule has 0 spiro atoms. The first-order chi connectivity index (χ1) is 16.5. The number of hydrogen-bond acceptors (Lipinski definition) is 5. The maximum absolute atomic E-state index is 12.9.